The molecule has 1 aliphatic heterocycles. The van der Waals surface area contributed by atoms with Gasteiger partial charge in [-0.25, -0.2) is 19.4 Å². The van der Waals surface area contributed by atoms with Gasteiger partial charge in [0.05, 0.1) is 60.3 Å². The number of nitrogens with zero attached hydrogens (tertiary/aromatic N) is 4. The quantitative estimate of drug-likeness (QED) is 0.168. The van der Waals surface area contributed by atoms with Crippen LogP contribution in [0.3, 0.4) is 0 Å². The Morgan fingerprint density at radius 3 is 2.37 bits per heavy atom. The van der Waals surface area contributed by atoms with E-state index in [1.165, 1.54) is 18.2 Å². The second-order valence-corrected chi connectivity index (χ2v) is 9.95. The second kappa shape index (κ2) is 12.5. The average Bonchev–Trinajstić information content (AvgIpc) is 3.41. The van der Waals surface area contributed by atoms with Gasteiger partial charge in [0, 0.05) is 17.7 Å². The molecule has 0 saturated carbocycles. The van der Waals surface area contributed by atoms with Gasteiger partial charge in [-0.3, -0.25) is 15.0 Å². The Labute approximate surface area is 249 Å². The van der Waals surface area contributed by atoms with E-state index in [0.29, 0.717) is 11.3 Å². The van der Waals surface area contributed by atoms with Crippen LogP contribution in [0.25, 0.3) is 10.6 Å². The summed E-state index contributed by atoms with van der Waals surface area (Å²) in [5.41, 5.74) is 6.50. The monoisotopic (exact) mass is 603 g/mol. The predicted molar refractivity (Wildman–Crippen MR) is 154 cm³/mol. The van der Waals surface area contributed by atoms with E-state index in [2.05, 4.69) is 11.1 Å². The summed E-state index contributed by atoms with van der Waals surface area (Å²) in [6.45, 7) is 3.34. The number of ether oxygens (including phenoxy) is 3. The highest BCUT2D eigenvalue weighted by molar-refractivity contribution is 7.17. The summed E-state index contributed by atoms with van der Waals surface area (Å²) in [4.78, 5) is 56.3. The number of aryl methyl sites for hydroxylation is 1. The third kappa shape index (κ3) is 5.53. The smallest absolute Gasteiger partial charge is 0.355 e. The number of hydrogen-bond acceptors (Lipinski definition) is 13. The van der Waals surface area contributed by atoms with Gasteiger partial charge in [0.1, 0.15) is 21.4 Å². The molecule has 0 saturated heterocycles. The lowest BCUT2D eigenvalue weighted by atomic mass is 9.80. The summed E-state index contributed by atoms with van der Waals surface area (Å²) in [5.74, 6) is -3.90. The van der Waals surface area contributed by atoms with Crippen molar-refractivity contribution in [3.63, 3.8) is 0 Å². The Balaban J connectivity index is 2.10. The third-order valence-corrected chi connectivity index (χ3v) is 7.70. The molecular formula is C29H25N5O8S. The maximum atomic E-state index is 13.5. The van der Waals surface area contributed by atoms with Gasteiger partial charge in [-0.05, 0) is 25.5 Å². The van der Waals surface area contributed by atoms with E-state index in [-0.39, 0.29) is 56.1 Å². The molecule has 1 atom stereocenters. The standard InChI is InChI=1S/C29H25N5O8S/c1-5-42-29(37)24-15(2)32-26(43-24)18-13-17(34(38)39)11-12-20(18)33-23(28(36)41-4)22(27(35)40-3)21(19(14-30)25(33)31)16-9-7-6-8-10-16/h6-13,21H,5,31H2,1-4H3. The number of nitriles is 1. The van der Waals surface area contributed by atoms with Crippen molar-refractivity contribution in [1.82, 2.24) is 4.98 Å². The lowest BCUT2D eigenvalue weighted by Crippen LogP contribution is -2.41. The number of anilines is 1. The predicted octanol–water partition coefficient (Wildman–Crippen LogP) is 4.10. The second-order valence-electron chi connectivity index (χ2n) is 8.95. The maximum absolute atomic E-state index is 13.5. The number of nitro benzene ring substituents is 1. The van der Waals surface area contributed by atoms with Gasteiger partial charge in [-0.2, -0.15) is 5.26 Å². The number of aromatic nitrogens is 1. The summed E-state index contributed by atoms with van der Waals surface area (Å²) in [6.07, 6.45) is 0. The van der Waals surface area contributed by atoms with E-state index >= 15 is 0 Å². The highest BCUT2D eigenvalue weighted by atomic mass is 32.1. The molecule has 0 amide bonds. The number of methoxy groups -OCH3 is 2. The number of carbonyl (C=O) groups excluding carboxylic acids is 3. The van der Waals surface area contributed by atoms with E-state index in [1.54, 1.807) is 44.2 Å². The SMILES string of the molecule is CCOC(=O)c1sc(-c2cc([N+](=O)[O-])ccc2N2C(N)=C(C#N)C(c3ccccc3)C(C(=O)OC)=C2C(=O)OC)nc1C. The third-order valence-electron chi connectivity index (χ3n) is 6.53. The Bertz CT molecular complexity index is 1740. The van der Waals surface area contributed by atoms with Crippen molar-refractivity contribution in [2.24, 2.45) is 5.73 Å². The van der Waals surface area contributed by atoms with E-state index in [1.807, 2.05) is 0 Å². The first-order valence-electron chi connectivity index (χ1n) is 12.7. The van der Waals surface area contributed by atoms with Gasteiger partial charge < -0.3 is 19.9 Å². The molecule has 0 fully saturated rings. The van der Waals surface area contributed by atoms with Crippen molar-refractivity contribution in [3.05, 3.63) is 97.4 Å². The van der Waals surface area contributed by atoms with Crippen molar-refractivity contribution in [2.75, 3.05) is 25.7 Å². The van der Waals surface area contributed by atoms with Crippen molar-refractivity contribution < 1.29 is 33.5 Å². The topological polar surface area (TPSA) is 188 Å². The number of allylic oxidation sites excluding steroid dienone is 1. The molecule has 220 valence electrons. The molecule has 2 aromatic carbocycles. The number of thiazole rings is 1. The number of nitrogens with two attached hydrogens (primary N) is 1. The summed E-state index contributed by atoms with van der Waals surface area (Å²) >= 11 is 0.911. The molecule has 3 aromatic rings. The number of benzene rings is 2. The first-order valence-corrected chi connectivity index (χ1v) is 13.5. The highest BCUT2D eigenvalue weighted by Gasteiger charge is 2.44. The molecule has 13 nitrogen and oxygen atoms in total. The van der Waals surface area contributed by atoms with Crippen LogP contribution in [0.4, 0.5) is 11.4 Å². The molecule has 0 radical (unpaired) electrons. The number of carbonyl (C=O) groups is 3. The fraction of sp³-hybridized carbons (Fsp3) is 0.207. The highest BCUT2D eigenvalue weighted by Crippen LogP contribution is 2.46. The number of esters is 3. The minimum atomic E-state index is -1.11. The molecule has 1 aromatic heterocycles. The molecular weight excluding hydrogens is 578 g/mol. The van der Waals surface area contributed by atoms with Crippen LogP contribution in [0.5, 0.6) is 0 Å². The van der Waals surface area contributed by atoms with Crippen LogP contribution in [0.15, 0.2) is 71.2 Å². The maximum Gasteiger partial charge on any atom is 0.355 e. The van der Waals surface area contributed by atoms with Crippen LogP contribution in [-0.4, -0.2) is 48.6 Å². The van der Waals surface area contributed by atoms with Crippen molar-refractivity contribution in [1.29, 1.82) is 5.26 Å². The zero-order valence-corrected chi connectivity index (χ0v) is 24.3. The van der Waals surface area contributed by atoms with E-state index in [0.717, 1.165) is 30.5 Å². The Kier molecular flexibility index (Phi) is 8.87. The van der Waals surface area contributed by atoms with Gasteiger partial charge in [0.25, 0.3) is 5.69 Å². The fourth-order valence-corrected chi connectivity index (χ4v) is 5.65. The number of hydrogen-bond donors (Lipinski definition) is 1. The summed E-state index contributed by atoms with van der Waals surface area (Å²) < 4.78 is 15.2. The van der Waals surface area contributed by atoms with Crippen LogP contribution < -0.4 is 10.6 Å². The molecule has 0 spiro atoms. The zero-order valence-electron chi connectivity index (χ0n) is 23.4. The molecule has 1 aliphatic rings. The van der Waals surface area contributed by atoms with Crippen LogP contribution in [0.1, 0.15) is 33.8 Å². The van der Waals surface area contributed by atoms with Crippen molar-refractivity contribution in [3.8, 4) is 16.6 Å². The summed E-state index contributed by atoms with van der Waals surface area (Å²) in [6, 6.07) is 14.2. The summed E-state index contributed by atoms with van der Waals surface area (Å²) in [5, 5.41) is 22.2. The van der Waals surface area contributed by atoms with Crippen LogP contribution in [-0.2, 0) is 23.8 Å². The Morgan fingerprint density at radius 1 is 1.12 bits per heavy atom. The first kappa shape index (κ1) is 30.4. The minimum absolute atomic E-state index is 0.0494. The summed E-state index contributed by atoms with van der Waals surface area (Å²) in [7, 11) is 2.23. The van der Waals surface area contributed by atoms with Gasteiger partial charge in [0.2, 0.25) is 0 Å². The largest absolute Gasteiger partial charge is 0.466 e. The molecule has 0 bridgehead atoms. The van der Waals surface area contributed by atoms with E-state index < -0.39 is 28.7 Å². The van der Waals surface area contributed by atoms with E-state index in [9.17, 15) is 29.8 Å². The Hall–Kier alpha value is -5.55. The molecule has 1 unspecified atom stereocenters. The zero-order chi connectivity index (χ0) is 31.4. The minimum Gasteiger partial charge on any atom is -0.466 e. The molecule has 43 heavy (non-hydrogen) atoms. The van der Waals surface area contributed by atoms with Crippen LogP contribution in [0, 0.1) is 28.4 Å². The van der Waals surface area contributed by atoms with Gasteiger partial charge in [-0.1, -0.05) is 30.3 Å². The van der Waals surface area contributed by atoms with Crippen LogP contribution >= 0.6 is 11.3 Å². The van der Waals surface area contributed by atoms with Gasteiger partial charge in [-0.15, -0.1) is 11.3 Å². The van der Waals surface area contributed by atoms with Gasteiger partial charge >= 0.3 is 17.9 Å². The molecule has 0 aliphatic carbocycles. The van der Waals surface area contributed by atoms with Crippen LogP contribution in [0.2, 0.25) is 0 Å². The van der Waals surface area contributed by atoms with E-state index in [4.69, 9.17) is 19.9 Å². The lowest BCUT2D eigenvalue weighted by Gasteiger charge is -2.36. The molecule has 2 heterocycles. The van der Waals surface area contributed by atoms with Crippen molar-refractivity contribution >= 4 is 40.6 Å². The lowest BCUT2D eigenvalue weighted by molar-refractivity contribution is -0.384. The Morgan fingerprint density at radius 2 is 1.79 bits per heavy atom. The molecule has 4 rings (SSSR count). The molecule has 14 heteroatoms. The van der Waals surface area contributed by atoms with Gasteiger partial charge in [0.15, 0.2) is 0 Å². The number of non-ortho nitro benzene ring substituents is 1. The number of nitro groups is 1. The normalized spacial score (nSPS) is 14.7. The van der Waals surface area contributed by atoms with Crippen molar-refractivity contribution in [2.45, 2.75) is 19.8 Å². The fourth-order valence-electron chi connectivity index (χ4n) is 4.67. The first-order chi connectivity index (χ1) is 20.6. The average molecular weight is 604 g/mol. The molecule has 2 N–H and O–H groups in total. The number of rotatable bonds is 8.